The summed E-state index contributed by atoms with van der Waals surface area (Å²) >= 11 is 0. The summed E-state index contributed by atoms with van der Waals surface area (Å²) in [5, 5.41) is 12.9. The van der Waals surface area contributed by atoms with Crippen LogP contribution in [0.15, 0.2) is 24.3 Å². The molecule has 134 valence electrons. The molecule has 0 aromatic heterocycles. The highest BCUT2D eigenvalue weighted by atomic mass is 16.5. The van der Waals surface area contributed by atoms with Crippen molar-refractivity contribution in [1.29, 1.82) is 0 Å². The fraction of sp³-hybridized carbons (Fsp3) is 0.350. The van der Waals surface area contributed by atoms with Crippen LogP contribution in [-0.4, -0.2) is 31.3 Å². The first-order valence-corrected chi connectivity index (χ1v) is 8.17. The van der Waals surface area contributed by atoms with Gasteiger partial charge in [0.2, 0.25) is 0 Å². The van der Waals surface area contributed by atoms with Crippen LogP contribution in [0.4, 0.5) is 5.69 Å². The van der Waals surface area contributed by atoms with E-state index in [9.17, 15) is 9.90 Å². The van der Waals surface area contributed by atoms with Crippen LogP contribution in [0.5, 0.6) is 11.5 Å². The highest BCUT2D eigenvalue weighted by Gasteiger charge is 2.25. The minimum absolute atomic E-state index is 0.138. The quantitative estimate of drug-likeness (QED) is 0.808. The Kier molecular flexibility index (Phi) is 5.57. The summed E-state index contributed by atoms with van der Waals surface area (Å²) in [6.07, 6.45) is 0. The number of hydrogen-bond donors (Lipinski definition) is 2. The molecule has 5 heteroatoms. The maximum absolute atomic E-state index is 11.7. The molecule has 5 nitrogen and oxygen atoms in total. The normalized spacial score (nSPS) is 10.7. The van der Waals surface area contributed by atoms with Crippen molar-refractivity contribution in [3.8, 4) is 22.6 Å². The molecule has 0 fully saturated rings. The molecule has 0 radical (unpaired) electrons. The molecule has 0 aliphatic carbocycles. The third kappa shape index (κ3) is 3.55. The van der Waals surface area contributed by atoms with Crippen LogP contribution < -0.4 is 14.8 Å². The van der Waals surface area contributed by atoms with Gasteiger partial charge in [-0.05, 0) is 45.4 Å². The number of ether oxygens (including phenoxy) is 2. The van der Waals surface area contributed by atoms with Crippen LogP contribution >= 0.6 is 0 Å². The van der Waals surface area contributed by atoms with E-state index in [0.29, 0.717) is 23.1 Å². The summed E-state index contributed by atoms with van der Waals surface area (Å²) in [6.45, 7) is 7.76. The molecule has 0 saturated heterocycles. The lowest BCUT2D eigenvalue weighted by Crippen LogP contribution is -2.10. The zero-order chi connectivity index (χ0) is 18.7. The Labute approximate surface area is 148 Å². The van der Waals surface area contributed by atoms with Gasteiger partial charge in [0.1, 0.15) is 17.1 Å². The minimum atomic E-state index is -1.03. The number of methoxy groups -OCH3 is 2. The second-order valence-corrected chi connectivity index (χ2v) is 6.25. The van der Waals surface area contributed by atoms with E-state index in [4.69, 9.17) is 9.47 Å². The maximum Gasteiger partial charge on any atom is 0.339 e. The lowest BCUT2D eigenvalue weighted by Gasteiger charge is -2.21. The third-order valence-electron chi connectivity index (χ3n) is 4.14. The molecule has 0 bridgehead atoms. The fourth-order valence-electron chi connectivity index (χ4n) is 3.12. The van der Waals surface area contributed by atoms with E-state index in [1.165, 1.54) is 7.11 Å². The van der Waals surface area contributed by atoms with Gasteiger partial charge in [0, 0.05) is 28.4 Å². The number of benzene rings is 2. The number of rotatable bonds is 6. The second-order valence-electron chi connectivity index (χ2n) is 6.25. The molecule has 2 aromatic rings. The molecule has 0 spiro atoms. The van der Waals surface area contributed by atoms with Crippen molar-refractivity contribution in [2.75, 3.05) is 19.5 Å². The van der Waals surface area contributed by atoms with Crippen LogP contribution in [0.3, 0.4) is 0 Å². The van der Waals surface area contributed by atoms with E-state index < -0.39 is 5.97 Å². The van der Waals surface area contributed by atoms with Gasteiger partial charge in [-0.2, -0.15) is 0 Å². The average Bonchev–Trinajstić information content (AvgIpc) is 2.55. The van der Waals surface area contributed by atoms with Crippen molar-refractivity contribution in [3.63, 3.8) is 0 Å². The summed E-state index contributed by atoms with van der Waals surface area (Å²) < 4.78 is 11.0. The first kappa shape index (κ1) is 18.6. The van der Waals surface area contributed by atoms with Gasteiger partial charge in [0.25, 0.3) is 0 Å². The third-order valence-corrected chi connectivity index (χ3v) is 4.14. The summed E-state index contributed by atoms with van der Waals surface area (Å²) in [5.41, 5.74) is 4.25. The summed E-state index contributed by atoms with van der Waals surface area (Å²) in [7, 11) is 3.04. The highest BCUT2D eigenvalue weighted by Crippen LogP contribution is 2.44. The van der Waals surface area contributed by atoms with E-state index >= 15 is 0 Å². The highest BCUT2D eigenvalue weighted by molar-refractivity contribution is 5.97. The van der Waals surface area contributed by atoms with Gasteiger partial charge < -0.3 is 19.9 Å². The van der Waals surface area contributed by atoms with Gasteiger partial charge in [0.15, 0.2) is 0 Å². The van der Waals surface area contributed by atoms with Crippen molar-refractivity contribution >= 4 is 11.7 Å². The van der Waals surface area contributed by atoms with Crippen molar-refractivity contribution in [1.82, 2.24) is 0 Å². The average molecular weight is 343 g/mol. The van der Waals surface area contributed by atoms with E-state index in [0.717, 1.165) is 22.4 Å². The minimum Gasteiger partial charge on any atom is -0.496 e. The van der Waals surface area contributed by atoms with Gasteiger partial charge in [-0.1, -0.05) is 12.1 Å². The molecular weight excluding hydrogens is 318 g/mol. The van der Waals surface area contributed by atoms with Crippen LogP contribution in [0.2, 0.25) is 0 Å². The van der Waals surface area contributed by atoms with Crippen LogP contribution in [-0.2, 0) is 0 Å². The van der Waals surface area contributed by atoms with Gasteiger partial charge in [0.05, 0.1) is 14.2 Å². The van der Waals surface area contributed by atoms with Crippen LogP contribution in [0.25, 0.3) is 11.1 Å². The van der Waals surface area contributed by atoms with E-state index in [1.807, 2.05) is 31.2 Å². The standard InChI is InChI=1S/C20H25NO4/c1-11(2)21-15-9-7-14(8-10-15)16-12(3)19(25-6)17(20(22)23)13(4)18(16)24-5/h7-11,21H,1-6H3,(H,22,23). The Morgan fingerprint density at radius 3 is 2.00 bits per heavy atom. The van der Waals surface area contributed by atoms with E-state index in [-0.39, 0.29) is 5.56 Å². The smallest absolute Gasteiger partial charge is 0.339 e. The summed E-state index contributed by atoms with van der Waals surface area (Å²) in [6, 6.07) is 8.34. The molecule has 2 rings (SSSR count). The van der Waals surface area contributed by atoms with Gasteiger partial charge in [-0.25, -0.2) is 4.79 Å². The van der Waals surface area contributed by atoms with Gasteiger partial charge in [-0.15, -0.1) is 0 Å². The molecule has 0 saturated carbocycles. The Morgan fingerprint density at radius 2 is 1.56 bits per heavy atom. The number of carboxylic acid groups (broad SMARTS) is 1. The molecule has 2 aromatic carbocycles. The SMILES string of the molecule is COc1c(C)c(-c2ccc(NC(C)C)cc2)c(OC)c(C)c1C(=O)O. The zero-order valence-electron chi connectivity index (χ0n) is 15.6. The number of nitrogens with one attached hydrogen (secondary N) is 1. The van der Waals surface area contributed by atoms with E-state index in [2.05, 4.69) is 19.2 Å². The monoisotopic (exact) mass is 343 g/mol. The molecule has 0 heterocycles. The first-order chi connectivity index (χ1) is 11.8. The summed E-state index contributed by atoms with van der Waals surface area (Å²) in [5.74, 6) is -0.107. The lowest BCUT2D eigenvalue weighted by molar-refractivity contribution is 0.0692. The van der Waals surface area contributed by atoms with Crippen molar-refractivity contribution in [2.45, 2.75) is 33.7 Å². The molecule has 0 aliphatic rings. The van der Waals surface area contributed by atoms with Crippen molar-refractivity contribution in [2.24, 2.45) is 0 Å². The van der Waals surface area contributed by atoms with Crippen LogP contribution in [0, 0.1) is 13.8 Å². The molecule has 0 unspecified atom stereocenters. The van der Waals surface area contributed by atoms with Crippen LogP contribution in [0.1, 0.15) is 35.3 Å². The number of carbonyl (C=O) groups is 1. The molecule has 2 N–H and O–H groups in total. The Morgan fingerprint density at radius 1 is 1.00 bits per heavy atom. The number of aromatic carboxylic acids is 1. The zero-order valence-corrected chi connectivity index (χ0v) is 15.6. The topological polar surface area (TPSA) is 67.8 Å². The van der Waals surface area contributed by atoms with E-state index in [1.54, 1.807) is 14.0 Å². The largest absolute Gasteiger partial charge is 0.496 e. The van der Waals surface area contributed by atoms with Crippen molar-refractivity contribution < 1.29 is 19.4 Å². The molecule has 25 heavy (non-hydrogen) atoms. The molecule has 0 atom stereocenters. The number of anilines is 1. The van der Waals surface area contributed by atoms with Crippen molar-refractivity contribution in [3.05, 3.63) is 41.0 Å². The Balaban J connectivity index is 2.68. The predicted molar refractivity (Wildman–Crippen MR) is 100 cm³/mol. The fourth-order valence-corrected chi connectivity index (χ4v) is 3.12. The van der Waals surface area contributed by atoms with Gasteiger partial charge in [-0.3, -0.25) is 0 Å². The maximum atomic E-state index is 11.7. The second kappa shape index (κ2) is 7.47. The molecule has 0 amide bonds. The molecular formula is C20H25NO4. The first-order valence-electron chi connectivity index (χ1n) is 8.17. The number of hydrogen-bond acceptors (Lipinski definition) is 4. The number of carboxylic acids is 1. The molecule has 0 aliphatic heterocycles. The predicted octanol–water partition coefficient (Wildman–Crippen LogP) is 4.51. The summed E-state index contributed by atoms with van der Waals surface area (Å²) in [4.78, 5) is 11.7. The Bertz CT molecular complexity index is 780. The lowest BCUT2D eigenvalue weighted by atomic mass is 9.92. The van der Waals surface area contributed by atoms with Gasteiger partial charge >= 0.3 is 5.97 Å². The Hall–Kier alpha value is -2.69.